The zero-order valence-electron chi connectivity index (χ0n) is 12.7. The summed E-state index contributed by atoms with van der Waals surface area (Å²) in [7, 11) is -2.56. The zero-order valence-corrected chi connectivity index (χ0v) is 13.5. The molecule has 1 fully saturated rings. The second-order valence-electron chi connectivity index (χ2n) is 5.32. The highest BCUT2D eigenvalue weighted by Gasteiger charge is 2.31. The monoisotopic (exact) mass is 342 g/mol. The summed E-state index contributed by atoms with van der Waals surface area (Å²) in [5.74, 6) is -0.228. The van der Waals surface area contributed by atoms with Crippen molar-refractivity contribution in [1.82, 2.24) is 10.0 Å². The highest BCUT2D eigenvalue weighted by atomic mass is 32.2. The molecular formula is C13H18N4O5S. The van der Waals surface area contributed by atoms with E-state index in [9.17, 15) is 23.3 Å². The molecule has 2 atom stereocenters. The minimum Gasteiger partial charge on any atom is -0.368 e. The third-order valence-electron chi connectivity index (χ3n) is 3.81. The number of hydrogen-bond donors (Lipinski definition) is 3. The van der Waals surface area contributed by atoms with Crippen molar-refractivity contribution in [3.8, 4) is 0 Å². The molecule has 0 saturated carbocycles. The SMILES string of the molecule is CNS(=O)(=O)c1ccc(N[C@@H]2C(=O)NCC[C@@H]2C)c([N+](=O)[O-])c1. The summed E-state index contributed by atoms with van der Waals surface area (Å²) in [5, 5.41) is 16.8. The Bertz CT molecular complexity index is 734. The highest BCUT2D eigenvalue weighted by molar-refractivity contribution is 7.89. The fourth-order valence-electron chi connectivity index (χ4n) is 2.40. The van der Waals surface area contributed by atoms with Gasteiger partial charge in [0.05, 0.1) is 9.82 Å². The zero-order chi connectivity index (χ0) is 17.2. The van der Waals surface area contributed by atoms with Gasteiger partial charge in [-0.15, -0.1) is 0 Å². The van der Waals surface area contributed by atoms with Gasteiger partial charge < -0.3 is 10.6 Å². The molecule has 10 heteroatoms. The molecule has 0 spiro atoms. The Labute approximate surface area is 133 Å². The third kappa shape index (κ3) is 3.59. The molecular weight excluding hydrogens is 324 g/mol. The number of nitrogens with one attached hydrogen (secondary N) is 3. The highest BCUT2D eigenvalue weighted by Crippen LogP contribution is 2.29. The van der Waals surface area contributed by atoms with E-state index in [-0.39, 0.29) is 22.4 Å². The molecule has 1 aromatic carbocycles. The van der Waals surface area contributed by atoms with Gasteiger partial charge in [0, 0.05) is 12.6 Å². The molecule has 9 nitrogen and oxygen atoms in total. The lowest BCUT2D eigenvalue weighted by Gasteiger charge is -2.29. The standard InChI is InChI=1S/C13H18N4O5S/c1-8-5-6-15-13(18)12(8)16-10-4-3-9(23(21,22)14-2)7-11(10)17(19)20/h3-4,7-8,12,14,16H,5-6H2,1-2H3,(H,15,18)/t8-,12-/m0/s1. The minimum atomic E-state index is -3.79. The van der Waals surface area contributed by atoms with Gasteiger partial charge in [-0.05, 0) is 31.5 Å². The summed E-state index contributed by atoms with van der Waals surface area (Å²) in [5.41, 5.74) is -0.286. The third-order valence-corrected chi connectivity index (χ3v) is 5.22. The van der Waals surface area contributed by atoms with Gasteiger partial charge in [0.2, 0.25) is 15.9 Å². The Morgan fingerprint density at radius 1 is 1.39 bits per heavy atom. The smallest absolute Gasteiger partial charge is 0.293 e. The first-order chi connectivity index (χ1) is 10.8. The number of nitrogens with zero attached hydrogens (tertiary/aromatic N) is 1. The van der Waals surface area contributed by atoms with Crippen LogP contribution in [0.15, 0.2) is 23.1 Å². The number of benzene rings is 1. The van der Waals surface area contributed by atoms with E-state index in [1.807, 2.05) is 6.92 Å². The average molecular weight is 342 g/mol. The van der Waals surface area contributed by atoms with E-state index in [2.05, 4.69) is 15.4 Å². The van der Waals surface area contributed by atoms with Crippen LogP contribution in [0.3, 0.4) is 0 Å². The molecule has 1 amide bonds. The maximum atomic E-state index is 11.9. The van der Waals surface area contributed by atoms with Crippen molar-refractivity contribution in [2.24, 2.45) is 5.92 Å². The van der Waals surface area contributed by atoms with Crippen LogP contribution in [0.2, 0.25) is 0 Å². The topological polar surface area (TPSA) is 130 Å². The van der Waals surface area contributed by atoms with Crippen LogP contribution >= 0.6 is 0 Å². The Balaban J connectivity index is 2.39. The maximum Gasteiger partial charge on any atom is 0.293 e. The lowest BCUT2D eigenvalue weighted by Crippen LogP contribution is -2.49. The Morgan fingerprint density at radius 3 is 2.65 bits per heavy atom. The van der Waals surface area contributed by atoms with Gasteiger partial charge in [-0.1, -0.05) is 6.92 Å². The van der Waals surface area contributed by atoms with E-state index in [1.165, 1.54) is 19.2 Å². The number of amides is 1. The summed E-state index contributed by atoms with van der Waals surface area (Å²) >= 11 is 0. The van der Waals surface area contributed by atoms with Gasteiger partial charge in [0.25, 0.3) is 5.69 Å². The van der Waals surface area contributed by atoms with Crippen LogP contribution in [-0.4, -0.2) is 38.9 Å². The molecule has 0 unspecified atom stereocenters. The van der Waals surface area contributed by atoms with Crippen LogP contribution in [0, 0.1) is 16.0 Å². The molecule has 0 bridgehead atoms. The first-order valence-corrected chi connectivity index (χ1v) is 8.51. The Kier molecular flexibility index (Phi) is 4.85. The van der Waals surface area contributed by atoms with E-state index in [4.69, 9.17) is 0 Å². The molecule has 3 N–H and O–H groups in total. The molecule has 2 rings (SSSR count). The number of sulfonamides is 1. The van der Waals surface area contributed by atoms with E-state index in [0.29, 0.717) is 6.54 Å². The van der Waals surface area contributed by atoms with Crippen molar-refractivity contribution in [3.05, 3.63) is 28.3 Å². The van der Waals surface area contributed by atoms with Gasteiger partial charge >= 0.3 is 0 Å². The van der Waals surface area contributed by atoms with E-state index in [0.717, 1.165) is 12.5 Å². The van der Waals surface area contributed by atoms with Gasteiger partial charge in [0.1, 0.15) is 11.7 Å². The number of hydrogen-bond acceptors (Lipinski definition) is 6. The largest absolute Gasteiger partial charge is 0.368 e. The van der Waals surface area contributed by atoms with Crippen LogP contribution in [0.25, 0.3) is 0 Å². The van der Waals surface area contributed by atoms with Crippen LogP contribution in [0.1, 0.15) is 13.3 Å². The minimum absolute atomic E-state index is 0.00377. The number of carbonyl (C=O) groups is 1. The van der Waals surface area contributed by atoms with Gasteiger partial charge in [-0.2, -0.15) is 0 Å². The fourth-order valence-corrected chi connectivity index (χ4v) is 3.15. The Morgan fingerprint density at radius 2 is 2.09 bits per heavy atom. The average Bonchev–Trinajstić information content (AvgIpc) is 2.51. The molecule has 1 aliphatic heterocycles. The van der Waals surface area contributed by atoms with Crippen molar-refractivity contribution in [1.29, 1.82) is 0 Å². The molecule has 126 valence electrons. The summed E-state index contributed by atoms with van der Waals surface area (Å²) < 4.78 is 25.6. The molecule has 0 radical (unpaired) electrons. The van der Waals surface area contributed by atoms with Crippen LogP contribution in [0.5, 0.6) is 0 Å². The van der Waals surface area contributed by atoms with Crippen molar-refractivity contribution < 1.29 is 18.1 Å². The number of nitro groups is 1. The molecule has 1 aromatic rings. The molecule has 0 aliphatic carbocycles. The number of rotatable bonds is 5. The number of nitro benzene ring substituents is 1. The maximum absolute atomic E-state index is 11.9. The molecule has 1 aliphatic rings. The lowest BCUT2D eigenvalue weighted by molar-refractivity contribution is -0.384. The van der Waals surface area contributed by atoms with E-state index < -0.39 is 26.7 Å². The summed E-state index contributed by atoms with van der Waals surface area (Å²) in [6, 6.07) is 2.93. The van der Waals surface area contributed by atoms with Crippen LogP contribution < -0.4 is 15.4 Å². The van der Waals surface area contributed by atoms with Gasteiger partial charge in [-0.3, -0.25) is 14.9 Å². The second kappa shape index (κ2) is 6.50. The number of piperidine rings is 1. The first kappa shape index (κ1) is 17.2. The van der Waals surface area contributed by atoms with E-state index in [1.54, 1.807) is 0 Å². The van der Waals surface area contributed by atoms with Crippen LogP contribution in [-0.2, 0) is 14.8 Å². The Hall–Kier alpha value is -2.20. The van der Waals surface area contributed by atoms with Crippen molar-refractivity contribution in [3.63, 3.8) is 0 Å². The molecule has 23 heavy (non-hydrogen) atoms. The summed E-state index contributed by atoms with van der Waals surface area (Å²) in [6.07, 6.45) is 0.753. The molecule has 0 aromatic heterocycles. The first-order valence-electron chi connectivity index (χ1n) is 7.02. The second-order valence-corrected chi connectivity index (χ2v) is 7.21. The van der Waals surface area contributed by atoms with Gasteiger partial charge in [-0.25, -0.2) is 13.1 Å². The van der Waals surface area contributed by atoms with E-state index >= 15 is 0 Å². The lowest BCUT2D eigenvalue weighted by atomic mass is 9.94. The van der Waals surface area contributed by atoms with Crippen molar-refractivity contribution in [2.45, 2.75) is 24.3 Å². The summed E-state index contributed by atoms with van der Waals surface area (Å²) in [4.78, 5) is 22.3. The fraction of sp³-hybridized carbons (Fsp3) is 0.462. The van der Waals surface area contributed by atoms with Crippen molar-refractivity contribution in [2.75, 3.05) is 18.9 Å². The predicted molar refractivity (Wildman–Crippen MR) is 83.5 cm³/mol. The molecule has 1 saturated heterocycles. The summed E-state index contributed by atoms with van der Waals surface area (Å²) in [6.45, 7) is 2.45. The quantitative estimate of drug-likeness (QED) is 0.526. The predicted octanol–water partition coefficient (Wildman–Crippen LogP) is 0.439. The van der Waals surface area contributed by atoms with Crippen molar-refractivity contribution >= 4 is 27.3 Å². The number of anilines is 1. The van der Waals surface area contributed by atoms with Crippen LogP contribution in [0.4, 0.5) is 11.4 Å². The van der Waals surface area contributed by atoms with Gasteiger partial charge in [0.15, 0.2) is 0 Å². The number of carbonyl (C=O) groups excluding carboxylic acids is 1. The normalized spacial score (nSPS) is 21.6. The molecule has 1 heterocycles.